The van der Waals surface area contributed by atoms with Gasteiger partial charge in [0.2, 0.25) is 0 Å². The fourth-order valence-corrected chi connectivity index (χ4v) is 1.79. The Morgan fingerprint density at radius 3 is 2.47 bits per heavy atom. The molecular formula is C12H21N3. The van der Waals surface area contributed by atoms with Crippen LogP contribution in [0.4, 0.5) is 0 Å². The standard InChI is InChI=1S/C12H21N3/c1-4-8-14-12(13-5-2)11-6-9-15(3)10-7-11/h4-5,8,11H,6-7,9-10H2,1-3H3/b8-4-,13-5?,14-12?. The molecule has 3 heteroatoms. The van der Waals surface area contributed by atoms with Gasteiger partial charge in [0, 0.05) is 18.3 Å². The zero-order valence-electron chi connectivity index (χ0n) is 9.98. The van der Waals surface area contributed by atoms with Gasteiger partial charge in [0.15, 0.2) is 0 Å². The van der Waals surface area contributed by atoms with Gasteiger partial charge in [0.05, 0.1) is 0 Å². The molecular weight excluding hydrogens is 186 g/mol. The first kappa shape index (κ1) is 12.1. The molecule has 0 spiro atoms. The van der Waals surface area contributed by atoms with Crippen LogP contribution in [-0.4, -0.2) is 37.1 Å². The molecule has 0 saturated carbocycles. The normalized spacial score (nSPS) is 21.9. The van der Waals surface area contributed by atoms with Gasteiger partial charge in [-0.15, -0.1) is 0 Å². The second-order valence-electron chi connectivity index (χ2n) is 3.93. The van der Waals surface area contributed by atoms with Gasteiger partial charge in [-0.2, -0.15) is 0 Å². The van der Waals surface area contributed by atoms with Crippen LogP contribution in [0.25, 0.3) is 0 Å². The molecule has 84 valence electrons. The summed E-state index contributed by atoms with van der Waals surface area (Å²) in [5, 5.41) is 0. The zero-order valence-corrected chi connectivity index (χ0v) is 9.98. The topological polar surface area (TPSA) is 28.0 Å². The van der Waals surface area contributed by atoms with Gasteiger partial charge < -0.3 is 4.90 Å². The lowest BCUT2D eigenvalue weighted by atomic mass is 9.96. The van der Waals surface area contributed by atoms with E-state index in [9.17, 15) is 0 Å². The summed E-state index contributed by atoms with van der Waals surface area (Å²) >= 11 is 0. The Balaban J connectivity index is 2.64. The van der Waals surface area contributed by atoms with E-state index in [1.807, 2.05) is 32.3 Å². The molecule has 0 bridgehead atoms. The molecule has 0 aromatic rings. The molecule has 0 aromatic carbocycles. The zero-order chi connectivity index (χ0) is 11.1. The third kappa shape index (κ3) is 3.96. The highest BCUT2D eigenvalue weighted by molar-refractivity contribution is 5.91. The molecule has 1 rings (SSSR count). The predicted octanol–water partition coefficient (Wildman–Crippen LogP) is 2.35. The van der Waals surface area contributed by atoms with Crippen molar-refractivity contribution < 1.29 is 0 Å². The Kier molecular flexibility index (Phi) is 5.26. The lowest BCUT2D eigenvalue weighted by molar-refractivity contribution is 0.251. The van der Waals surface area contributed by atoms with Crippen molar-refractivity contribution in [2.24, 2.45) is 15.9 Å². The second kappa shape index (κ2) is 6.51. The summed E-state index contributed by atoms with van der Waals surface area (Å²) in [6.07, 6.45) is 7.95. The van der Waals surface area contributed by atoms with E-state index in [0.717, 1.165) is 18.9 Å². The van der Waals surface area contributed by atoms with Crippen molar-refractivity contribution in [1.29, 1.82) is 0 Å². The van der Waals surface area contributed by atoms with E-state index in [0.29, 0.717) is 5.92 Å². The number of likely N-dealkylation sites (tertiary alicyclic amines) is 1. The average molecular weight is 207 g/mol. The Morgan fingerprint density at radius 2 is 1.93 bits per heavy atom. The maximum absolute atomic E-state index is 4.40. The van der Waals surface area contributed by atoms with Crippen LogP contribution in [0, 0.1) is 5.92 Å². The molecule has 3 nitrogen and oxygen atoms in total. The number of hydrogen-bond acceptors (Lipinski definition) is 2. The molecule has 0 N–H and O–H groups in total. The van der Waals surface area contributed by atoms with E-state index < -0.39 is 0 Å². The Labute approximate surface area is 92.6 Å². The summed E-state index contributed by atoms with van der Waals surface area (Å²) in [6, 6.07) is 0. The average Bonchev–Trinajstić information content (AvgIpc) is 2.25. The SMILES string of the molecule is CC=NC(=N/C=C\C)C1CCN(C)CC1. The maximum Gasteiger partial charge on any atom is 0.130 e. The third-order valence-electron chi connectivity index (χ3n) is 2.70. The molecule has 0 unspecified atom stereocenters. The number of hydrogen-bond donors (Lipinski definition) is 0. The summed E-state index contributed by atoms with van der Waals surface area (Å²) in [5.74, 6) is 1.53. The van der Waals surface area contributed by atoms with Crippen LogP contribution < -0.4 is 0 Å². The molecule has 0 amide bonds. The summed E-state index contributed by atoms with van der Waals surface area (Å²) in [5.41, 5.74) is 0. The molecule has 0 aromatic heterocycles. The van der Waals surface area contributed by atoms with Crippen molar-refractivity contribution in [1.82, 2.24) is 4.90 Å². The highest BCUT2D eigenvalue weighted by atomic mass is 15.1. The predicted molar refractivity (Wildman–Crippen MR) is 66.6 cm³/mol. The number of allylic oxidation sites excluding steroid dienone is 1. The van der Waals surface area contributed by atoms with Crippen molar-refractivity contribution in [2.75, 3.05) is 20.1 Å². The van der Waals surface area contributed by atoms with Gasteiger partial charge in [0.25, 0.3) is 0 Å². The van der Waals surface area contributed by atoms with Crippen LogP contribution in [0.15, 0.2) is 22.3 Å². The number of piperidine rings is 1. The van der Waals surface area contributed by atoms with Crippen molar-refractivity contribution in [3.63, 3.8) is 0 Å². The van der Waals surface area contributed by atoms with Crippen molar-refractivity contribution in [3.8, 4) is 0 Å². The molecule has 0 atom stereocenters. The minimum atomic E-state index is 0.536. The number of nitrogens with zero attached hydrogens (tertiary/aromatic N) is 3. The van der Waals surface area contributed by atoms with E-state index in [1.54, 1.807) is 0 Å². The van der Waals surface area contributed by atoms with E-state index in [2.05, 4.69) is 21.9 Å². The highest BCUT2D eigenvalue weighted by Crippen LogP contribution is 2.18. The lowest BCUT2D eigenvalue weighted by Gasteiger charge is -2.28. The summed E-state index contributed by atoms with van der Waals surface area (Å²) < 4.78 is 0. The van der Waals surface area contributed by atoms with Crippen LogP contribution in [0.1, 0.15) is 26.7 Å². The molecule has 1 aliphatic heterocycles. The third-order valence-corrected chi connectivity index (χ3v) is 2.70. The molecule has 0 radical (unpaired) electrons. The molecule has 1 fully saturated rings. The van der Waals surface area contributed by atoms with E-state index in [4.69, 9.17) is 0 Å². The van der Waals surface area contributed by atoms with E-state index in [-0.39, 0.29) is 0 Å². The summed E-state index contributed by atoms with van der Waals surface area (Å²) in [7, 11) is 2.17. The first-order valence-corrected chi connectivity index (χ1v) is 5.64. The fraction of sp³-hybridized carbons (Fsp3) is 0.667. The Hall–Kier alpha value is -0.960. The minimum Gasteiger partial charge on any atom is -0.306 e. The van der Waals surface area contributed by atoms with Crippen LogP contribution in [0.2, 0.25) is 0 Å². The monoisotopic (exact) mass is 207 g/mol. The number of aliphatic imine (C=N–C) groups is 2. The first-order chi connectivity index (χ1) is 7.27. The van der Waals surface area contributed by atoms with Crippen molar-refractivity contribution in [3.05, 3.63) is 12.3 Å². The maximum atomic E-state index is 4.40. The van der Waals surface area contributed by atoms with Gasteiger partial charge in [-0.25, -0.2) is 9.98 Å². The van der Waals surface area contributed by atoms with Crippen LogP contribution in [0.3, 0.4) is 0 Å². The number of amidine groups is 1. The van der Waals surface area contributed by atoms with Crippen LogP contribution in [-0.2, 0) is 0 Å². The highest BCUT2D eigenvalue weighted by Gasteiger charge is 2.20. The van der Waals surface area contributed by atoms with Crippen molar-refractivity contribution >= 4 is 12.1 Å². The molecule has 0 aliphatic carbocycles. The Bertz CT molecular complexity index is 258. The molecule has 1 aliphatic rings. The van der Waals surface area contributed by atoms with Gasteiger partial charge in [0.1, 0.15) is 5.84 Å². The summed E-state index contributed by atoms with van der Waals surface area (Å²) in [4.78, 5) is 11.1. The minimum absolute atomic E-state index is 0.536. The summed E-state index contributed by atoms with van der Waals surface area (Å²) in [6.45, 7) is 6.23. The molecule has 1 saturated heterocycles. The van der Waals surface area contributed by atoms with Gasteiger partial charge in [-0.05, 0) is 46.8 Å². The lowest BCUT2D eigenvalue weighted by Crippen LogP contribution is -2.33. The van der Waals surface area contributed by atoms with Crippen LogP contribution >= 0.6 is 0 Å². The van der Waals surface area contributed by atoms with E-state index in [1.165, 1.54) is 12.8 Å². The second-order valence-corrected chi connectivity index (χ2v) is 3.93. The van der Waals surface area contributed by atoms with Gasteiger partial charge >= 0.3 is 0 Å². The first-order valence-electron chi connectivity index (χ1n) is 5.64. The van der Waals surface area contributed by atoms with Crippen LogP contribution in [0.5, 0.6) is 0 Å². The smallest absolute Gasteiger partial charge is 0.130 e. The molecule has 1 heterocycles. The fourth-order valence-electron chi connectivity index (χ4n) is 1.79. The molecule has 15 heavy (non-hydrogen) atoms. The van der Waals surface area contributed by atoms with Gasteiger partial charge in [-0.3, -0.25) is 0 Å². The largest absolute Gasteiger partial charge is 0.306 e. The van der Waals surface area contributed by atoms with Crippen molar-refractivity contribution in [2.45, 2.75) is 26.7 Å². The quantitative estimate of drug-likeness (QED) is 0.504. The Morgan fingerprint density at radius 1 is 1.27 bits per heavy atom. The van der Waals surface area contributed by atoms with E-state index >= 15 is 0 Å². The number of rotatable bonds is 2. The van der Waals surface area contributed by atoms with Gasteiger partial charge in [-0.1, -0.05) is 6.08 Å².